The summed E-state index contributed by atoms with van der Waals surface area (Å²) in [5.74, 6) is 1.83. The summed E-state index contributed by atoms with van der Waals surface area (Å²) in [5, 5.41) is 9.13. The number of ether oxygens (including phenoxy) is 1. The lowest BCUT2D eigenvalue weighted by atomic mass is 9.83. The Balaban J connectivity index is 2.11. The zero-order valence-corrected chi connectivity index (χ0v) is 7.92. The summed E-state index contributed by atoms with van der Waals surface area (Å²) in [6.07, 6.45) is 2.43. The molecule has 1 saturated heterocycles. The van der Waals surface area contributed by atoms with Gasteiger partial charge in [-0.05, 0) is 44.4 Å². The minimum absolute atomic E-state index is 0.0641. The first-order valence-corrected chi connectivity index (χ1v) is 4.90. The van der Waals surface area contributed by atoms with Crippen LogP contribution in [0.1, 0.15) is 26.7 Å². The molecule has 0 bridgehead atoms. The Hall–Kier alpha value is -0.0800. The Kier molecular flexibility index (Phi) is 1.92. The average molecular weight is 170 g/mol. The van der Waals surface area contributed by atoms with Crippen LogP contribution in [0.2, 0.25) is 0 Å². The van der Waals surface area contributed by atoms with Crippen LogP contribution in [0.25, 0.3) is 0 Å². The van der Waals surface area contributed by atoms with Crippen molar-refractivity contribution in [3.63, 3.8) is 0 Å². The monoisotopic (exact) mass is 170 g/mol. The van der Waals surface area contributed by atoms with Crippen molar-refractivity contribution in [2.24, 2.45) is 17.8 Å². The molecule has 3 atom stereocenters. The van der Waals surface area contributed by atoms with E-state index in [2.05, 4.69) is 13.8 Å². The Labute approximate surface area is 73.9 Å². The van der Waals surface area contributed by atoms with Crippen molar-refractivity contribution in [3.8, 4) is 0 Å². The molecule has 0 aromatic heterocycles. The van der Waals surface area contributed by atoms with Gasteiger partial charge < -0.3 is 9.84 Å². The fourth-order valence-corrected chi connectivity index (χ4v) is 2.91. The molecule has 1 saturated carbocycles. The van der Waals surface area contributed by atoms with Crippen LogP contribution in [0.5, 0.6) is 0 Å². The highest BCUT2D eigenvalue weighted by Crippen LogP contribution is 2.49. The highest BCUT2D eigenvalue weighted by molar-refractivity contribution is 4.97. The number of rotatable bonds is 1. The molecule has 2 rings (SSSR count). The molecule has 0 aromatic rings. The maximum atomic E-state index is 9.13. The van der Waals surface area contributed by atoms with Gasteiger partial charge in [0.2, 0.25) is 0 Å². The van der Waals surface area contributed by atoms with Crippen LogP contribution >= 0.6 is 0 Å². The molecule has 0 radical (unpaired) electrons. The van der Waals surface area contributed by atoms with Crippen molar-refractivity contribution < 1.29 is 9.84 Å². The molecule has 1 aliphatic carbocycles. The van der Waals surface area contributed by atoms with Crippen LogP contribution in [0, 0.1) is 17.8 Å². The van der Waals surface area contributed by atoms with E-state index in [9.17, 15) is 0 Å². The van der Waals surface area contributed by atoms with E-state index < -0.39 is 0 Å². The van der Waals surface area contributed by atoms with E-state index in [-0.39, 0.29) is 5.60 Å². The highest BCUT2D eigenvalue weighted by Gasteiger charge is 2.49. The lowest BCUT2D eigenvalue weighted by Gasteiger charge is -2.24. The summed E-state index contributed by atoms with van der Waals surface area (Å²) in [7, 11) is 0. The van der Waals surface area contributed by atoms with Gasteiger partial charge >= 0.3 is 0 Å². The fourth-order valence-electron chi connectivity index (χ4n) is 2.91. The summed E-state index contributed by atoms with van der Waals surface area (Å²) in [6, 6.07) is 0. The first-order chi connectivity index (χ1) is 5.65. The maximum absolute atomic E-state index is 9.13. The van der Waals surface area contributed by atoms with E-state index in [1.807, 2.05) is 0 Å². The molecule has 12 heavy (non-hydrogen) atoms. The highest BCUT2D eigenvalue weighted by atomic mass is 16.5. The molecule has 70 valence electrons. The summed E-state index contributed by atoms with van der Waals surface area (Å²) >= 11 is 0. The molecule has 0 spiro atoms. The predicted octanol–water partition coefficient (Wildman–Crippen LogP) is 1.43. The third kappa shape index (κ3) is 1.09. The zero-order chi connectivity index (χ0) is 8.77. The van der Waals surface area contributed by atoms with Gasteiger partial charge in [0.1, 0.15) is 0 Å². The van der Waals surface area contributed by atoms with E-state index in [4.69, 9.17) is 9.84 Å². The van der Waals surface area contributed by atoms with Gasteiger partial charge in [0, 0.05) is 6.61 Å². The molecule has 2 aliphatic rings. The third-order valence-electron chi connectivity index (χ3n) is 3.75. The van der Waals surface area contributed by atoms with Crippen LogP contribution in [0.15, 0.2) is 0 Å². The van der Waals surface area contributed by atoms with Crippen molar-refractivity contribution in [1.82, 2.24) is 0 Å². The minimum Gasteiger partial charge on any atom is -0.396 e. The molecule has 1 N–H and O–H groups in total. The molecule has 2 nitrogen and oxygen atoms in total. The Morgan fingerprint density at radius 2 is 2.17 bits per heavy atom. The number of hydrogen-bond donors (Lipinski definition) is 1. The van der Waals surface area contributed by atoms with Crippen LogP contribution < -0.4 is 0 Å². The normalized spacial score (nSPS) is 44.8. The lowest BCUT2D eigenvalue weighted by molar-refractivity contribution is 0.00686. The van der Waals surface area contributed by atoms with Gasteiger partial charge in [0.15, 0.2) is 0 Å². The molecule has 0 aromatic carbocycles. The first-order valence-electron chi connectivity index (χ1n) is 4.90. The van der Waals surface area contributed by atoms with Crippen molar-refractivity contribution >= 4 is 0 Å². The molecule has 0 amide bonds. The summed E-state index contributed by atoms with van der Waals surface area (Å²) in [5.41, 5.74) is 0.0641. The second kappa shape index (κ2) is 2.71. The quantitative estimate of drug-likeness (QED) is 0.645. The van der Waals surface area contributed by atoms with Gasteiger partial charge in [-0.2, -0.15) is 0 Å². The Morgan fingerprint density at radius 1 is 1.42 bits per heavy atom. The number of aliphatic hydroxyl groups is 1. The van der Waals surface area contributed by atoms with Gasteiger partial charge in [-0.25, -0.2) is 0 Å². The van der Waals surface area contributed by atoms with Gasteiger partial charge in [-0.1, -0.05) is 0 Å². The van der Waals surface area contributed by atoms with E-state index in [1.54, 1.807) is 0 Å². The first kappa shape index (κ1) is 8.52. The number of aliphatic hydroxyl groups excluding tert-OH is 1. The van der Waals surface area contributed by atoms with E-state index >= 15 is 0 Å². The van der Waals surface area contributed by atoms with Crippen LogP contribution in [-0.4, -0.2) is 23.9 Å². The van der Waals surface area contributed by atoms with Crippen molar-refractivity contribution in [1.29, 1.82) is 0 Å². The Bertz CT molecular complexity index is 177. The van der Waals surface area contributed by atoms with E-state index in [0.29, 0.717) is 24.4 Å². The maximum Gasteiger partial charge on any atom is 0.0658 e. The SMILES string of the molecule is CC1(C)OC[C@@H]2[C@H](CO)CC[C@@H]21. The standard InChI is InChI=1S/C10H18O2/c1-10(2)9-4-3-7(5-11)8(9)6-12-10/h7-9,11H,3-6H2,1-2H3/t7-,8+,9-/m0/s1. The largest absolute Gasteiger partial charge is 0.396 e. The summed E-state index contributed by atoms with van der Waals surface area (Å²) < 4.78 is 5.73. The van der Waals surface area contributed by atoms with Crippen molar-refractivity contribution in [2.45, 2.75) is 32.3 Å². The minimum atomic E-state index is 0.0641. The topological polar surface area (TPSA) is 29.5 Å². The average Bonchev–Trinajstić information content (AvgIpc) is 2.53. The van der Waals surface area contributed by atoms with Gasteiger partial charge in [0.25, 0.3) is 0 Å². The van der Waals surface area contributed by atoms with Crippen molar-refractivity contribution in [2.75, 3.05) is 13.2 Å². The number of fused-ring (bicyclic) bond motifs is 1. The third-order valence-corrected chi connectivity index (χ3v) is 3.75. The molecule has 0 unspecified atom stereocenters. The van der Waals surface area contributed by atoms with E-state index in [1.165, 1.54) is 12.8 Å². The summed E-state index contributed by atoms with van der Waals surface area (Å²) in [6.45, 7) is 5.57. The molecule has 1 heterocycles. The molecular formula is C10H18O2. The summed E-state index contributed by atoms with van der Waals surface area (Å²) in [4.78, 5) is 0. The number of hydrogen-bond acceptors (Lipinski definition) is 2. The molecule has 1 aliphatic heterocycles. The lowest BCUT2D eigenvalue weighted by Crippen LogP contribution is -2.28. The van der Waals surface area contributed by atoms with E-state index in [0.717, 1.165) is 6.61 Å². The smallest absolute Gasteiger partial charge is 0.0658 e. The zero-order valence-electron chi connectivity index (χ0n) is 7.92. The van der Waals surface area contributed by atoms with Gasteiger partial charge in [0.05, 0.1) is 12.2 Å². The van der Waals surface area contributed by atoms with Crippen molar-refractivity contribution in [3.05, 3.63) is 0 Å². The second-order valence-corrected chi connectivity index (χ2v) is 4.70. The molecule has 2 heteroatoms. The van der Waals surface area contributed by atoms with Gasteiger partial charge in [-0.15, -0.1) is 0 Å². The fraction of sp³-hybridized carbons (Fsp3) is 1.00. The molecular weight excluding hydrogens is 152 g/mol. The van der Waals surface area contributed by atoms with Crippen LogP contribution in [0.3, 0.4) is 0 Å². The Morgan fingerprint density at radius 3 is 2.83 bits per heavy atom. The second-order valence-electron chi connectivity index (χ2n) is 4.70. The van der Waals surface area contributed by atoms with Crippen LogP contribution in [-0.2, 0) is 4.74 Å². The predicted molar refractivity (Wildman–Crippen MR) is 46.8 cm³/mol. The van der Waals surface area contributed by atoms with Crippen LogP contribution in [0.4, 0.5) is 0 Å². The molecule has 2 fully saturated rings. The van der Waals surface area contributed by atoms with Gasteiger partial charge in [-0.3, -0.25) is 0 Å².